The van der Waals surface area contributed by atoms with Gasteiger partial charge in [0.25, 0.3) is 11.8 Å². The third-order valence-corrected chi connectivity index (χ3v) is 7.45. The van der Waals surface area contributed by atoms with Gasteiger partial charge in [-0.3, -0.25) is 9.59 Å². The number of halogens is 1. The first kappa shape index (κ1) is 25.4. The standard InChI is InChI=1S/C32H29FN4O3/c1-21-11-12-22(2)37(21)24-15-13-23(14-16-24)31(38)34-29-25-7-3-6-10-28(25)40-30(29)32(39)36-19-17-35(18-20-36)27-9-5-4-8-26(27)33/h3-16H,17-20H2,1-2H3,(H,34,38). The van der Waals surface area contributed by atoms with E-state index in [4.69, 9.17) is 4.42 Å². The zero-order valence-electron chi connectivity index (χ0n) is 22.4. The average molecular weight is 537 g/mol. The molecule has 2 aromatic heterocycles. The van der Waals surface area contributed by atoms with Crippen molar-refractivity contribution < 1.29 is 18.4 Å². The molecule has 202 valence electrons. The average Bonchev–Trinajstić information content (AvgIpc) is 3.52. The van der Waals surface area contributed by atoms with E-state index >= 15 is 0 Å². The molecule has 40 heavy (non-hydrogen) atoms. The lowest BCUT2D eigenvalue weighted by atomic mass is 10.1. The number of fused-ring (bicyclic) bond motifs is 1. The Labute approximate surface area is 231 Å². The van der Waals surface area contributed by atoms with Gasteiger partial charge in [-0.1, -0.05) is 24.3 Å². The molecule has 6 rings (SSSR count). The number of nitrogens with zero attached hydrogens (tertiary/aromatic N) is 3. The Morgan fingerprint density at radius 2 is 1.45 bits per heavy atom. The Bertz CT molecular complexity index is 1690. The number of carbonyl (C=O) groups is 2. The molecule has 3 heterocycles. The third kappa shape index (κ3) is 4.62. The molecule has 8 heteroatoms. The maximum absolute atomic E-state index is 14.3. The maximum atomic E-state index is 14.3. The summed E-state index contributed by atoms with van der Waals surface area (Å²) in [5.74, 6) is -0.841. The van der Waals surface area contributed by atoms with E-state index in [-0.39, 0.29) is 23.4 Å². The molecule has 1 N–H and O–H groups in total. The Morgan fingerprint density at radius 1 is 0.800 bits per heavy atom. The van der Waals surface area contributed by atoms with Gasteiger partial charge in [-0.15, -0.1) is 0 Å². The van der Waals surface area contributed by atoms with E-state index in [1.54, 1.807) is 41.3 Å². The second kappa shape index (κ2) is 10.4. The number of hydrogen-bond donors (Lipinski definition) is 1. The van der Waals surface area contributed by atoms with Gasteiger partial charge in [-0.25, -0.2) is 4.39 Å². The number of nitrogens with one attached hydrogen (secondary N) is 1. The number of aryl methyl sites for hydroxylation is 2. The van der Waals surface area contributed by atoms with Crippen molar-refractivity contribution in [3.05, 3.63) is 113 Å². The highest BCUT2D eigenvalue weighted by Gasteiger charge is 2.29. The van der Waals surface area contributed by atoms with Crippen molar-refractivity contribution in [3.8, 4) is 5.69 Å². The zero-order chi connectivity index (χ0) is 27.8. The molecule has 1 saturated heterocycles. The fourth-order valence-corrected chi connectivity index (χ4v) is 5.35. The SMILES string of the molecule is Cc1ccc(C)n1-c1ccc(C(=O)Nc2c(C(=O)N3CCN(c4ccccc4F)CC3)oc3ccccc23)cc1. The molecular weight excluding hydrogens is 507 g/mol. The van der Waals surface area contributed by atoms with Crippen LogP contribution in [0.25, 0.3) is 16.7 Å². The van der Waals surface area contributed by atoms with Crippen molar-refractivity contribution in [2.75, 3.05) is 36.4 Å². The van der Waals surface area contributed by atoms with Gasteiger partial charge in [0.15, 0.2) is 0 Å². The number of anilines is 2. The van der Waals surface area contributed by atoms with Crippen LogP contribution in [0.3, 0.4) is 0 Å². The van der Waals surface area contributed by atoms with E-state index in [0.717, 1.165) is 17.1 Å². The summed E-state index contributed by atoms with van der Waals surface area (Å²) in [4.78, 5) is 30.6. The summed E-state index contributed by atoms with van der Waals surface area (Å²) in [6.45, 7) is 5.85. The lowest BCUT2D eigenvalue weighted by Gasteiger charge is -2.35. The summed E-state index contributed by atoms with van der Waals surface area (Å²) in [5, 5.41) is 3.59. The predicted octanol–water partition coefficient (Wildman–Crippen LogP) is 6.19. The lowest BCUT2D eigenvalue weighted by Crippen LogP contribution is -2.49. The quantitative estimate of drug-likeness (QED) is 0.291. The lowest BCUT2D eigenvalue weighted by molar-refractivity contribution is 0.0718. The molecule has 0 saturated carbocycles. The fraction of sp³-hybridized carbons (Fsp3) is 0.188. The predicted molar refractivity (Wildman–Crippen MR) is 154 cm³/mol. The van der Waals surface area contributed by atoms with E-state index in [9.17, 15) is 14.0 Å². The molecule has 0 radical (unpaired) electrons. The third-order valence-electron chi connectivity index (χ3n) is 7.45. The largest absolute Gasteiger partial charge is 0.449 e. The van der Waals surface area contributed by atoms with Crippen LogP contribution in [0.4, 0.5) is 15.8 Å². The Kier molecular flexibility index (Phi) is 6.59. The van der Waals surface area contributed by atoms with E-state index in [0.29, 0.717) is 54.1 Å². The fourth-order valence-electron chi connectivity index (χ4n) is 5.35. The molecule has 0 aliphatic carbocycles. The molecule has 7 nitrogen and oxygen atoms in total. The van der Waals surface area contributed by atoms with Crippen LogP contribution in [-0.4, -0.2) is 47.5 Å². The summed E-state index contributed by atoms with van der Waals surface area (Å²) in [6, 6.07) is 25.4. The molecular formula is C32H29FN4O3. The van der Waals surface area contributed by atoms with Crippen LogP contribution >= 0.6 is 0 Å². The monoisotopic (exact) mass is 536 g/mol. The molecule has 1 aliphatic rings. The van der Waals surface area contributed by atoms with Crippen molar-refractivity contribution in [3.63, 3.8) is 0 Å². The van der Waals surface area contributed by atoms with Gasteiger partial charge in [0.1, 0.15) is 17.1 Å². The maximum Gasteiger partial charge on any atom is 0.291 e. The van der Waals surface area contributed by atoms with Gasteiger partial charge >= 0.3 is 0 Å². The van der Waals surface area contributed by atoms with E-state index in [1.165, 1.54) is 6.07 Å². The number of para-hydroxylation sites is 2. The Hall–Kier alpha value is -4.85. The molecule has 1 aliphatic heterocycles. The van der Waals surface area contributed by atoms with Crippen LogP contribution in [0.5, 0.6) is 0 Å². The van der Waals surface area contributed by atoms with E-state index < -0.39 is 0 Å². The first-order valence-corrected chi connectivity index (χ1v) is 13.3. The molecule has 0 bridgehead atoms. The summed E-state index contributed by atoms with van der Waals surface area (Å²) >= 11 is 0. The van der Waals surface area contributed by atoms with Crippen molar-refractivity contribution in [2.24, 2.45) is 0 Å². The normalized spacial score (nSPS) is 13.6. The van der Waals surface area contributed by atoms with Crippen LogP contribution in [0.2, 0.25) is 0 Å². The van der Waals surface area contributed by atoms with Crippen LogP contribution in [0.1, 0.15) is 32.3 Å². The minimum absolute atomic E-state index is 0.0871. The second-order valence-electron chi connectivity index (χ2n) is 9.99. The molecule has 0 spiro atoms. The van der Waals surface area contributed by atoms with Gasteiger partial charge < -0.3 is 24.1 Å². The van der Waals surface area contributed by atoms with Crippen molar-refractivity contribution in [2.45, 2.75) is 13.8 Å². The van der Waals surface area contributed by atoms with Gasteiger partial charge in [0.2, 0.25) is 5.76 Å². The summed E-state index contributed by atoms with van der Waals surface area (Å²) in [5.41, 5.74) is 5.04. The molecule has 5 aromatic rings. The van der Waals surface area contributed by atoms with E-state index in [1.807, 2.05) is 49.1 Å². The number of rotatable bonds is 5. The number of benzene rings is 3. The topological polar surface area (TPSA) is 70.7 Å². The van der Waals surface area contributed by atoms with Gasteiger partial charge in [-0.05, 0) is 74.5 Å². The number of furan rings is 1. The molecule has 0 unspecified atom stereocenters. The molecule has 1 fully saturated rings. The van der Waals surface area contributed by atoms with Crippen molar-refractivity contribution in [1.82, 2.24) is 9.47 Å². The van der Waals surface area contributed by atoms with Crippen LogP contribution < -0.4 is 10.2 Å². The van der Waals surface area contributed by atoms with Gasteiger partial charge in [-0.2, -0.15) is 0 Å². The van der Waals surface area contributed by atoms with Gasteiger partial charge in [0.05, 0.1) is 5.69 Å². The number of aromatic nitrogens is 1. The van der Waals surface area contributed by atoms with Crippen LogP contribution in [-0.2, 0) is 0 Å². The first-order chi connectivity index (χ1) is 19.4. The number of hydrogen-bond acceptors (Lipinski definition) is 4. The summed E-state index contributed by atoms with van der Waals surface area (Å²) in [7, 11) is 0. The smallest absolute Gasteiger partial charge is 0.291 e. The summed E-state index contributed by atoms with van der Waals surface area (Å²) < 4.78 is 22.4. The van der Waals surface area contributed by atoms with Crippen molar-refractivity contribution >= 4 is 34.2 Å². The molecule has 3 aromatic carbocycles. The highest BCUT2D eigenvalue weighted by Crippen LogP contribution is 2.33. The van der Waals surface area contributed by atoms with Crippen LogP contribution in [0, 0.1) is 19.7 Å². The minimum Gasteiger partial charge on any atom is -0.449 e. The van der Waals surface area contributed by atoms with Gasteiger partial charge in [0, 0.05) is 54.2 Å². The minimum atomic E-state index is -0.336. The highest BCUT2D eigenvalue weighted by molar-refractivity contribution is 6.14. The zero-order valence-corrected chi connectivity index (χ0v) is 22.4. The Morgan fingerprint density at radius 3 is 2.15 bits per heavy atom. The first-order valence-electron chi connectivity index (χ1n) is 13.3. The second-order valence-corrected chi connectivity index (χ2v) is 9.99. The molecule has 0 atom stereocenters. The number of carbonyl (C=O) groups excluding carboxylic acids is 2. The number of amides is 2. The highest BCUT2D eigenvalue weighted by atomic mass is 19.1. The van der Waals surface area contributed by atoms with Crippen molar-refractivity contribution in [1.29, 1.82) is 0 Å². The Balaban J connectivity index is 1.23. The summed E-state index contributed by atoms with van der Waals surface area (Å²) in [6.07, 6.45) is 0. The molecule has 2 amide bonds. The number of piperazine rings is 1. The van der Waals surface area contributed by atoms with Crippen LogP contribution in [0.15, 0.2) is 89.3 Å². The van der Waals surface area contributed by atoms with E-state index in [2.05, 4.69) is 22.0 Å².